The van der Waals surface area contributed by atoms with Crippen LogP contribution in [0.25, 0.3) is 0 Å². The number of rotatable bonds is 6. The van der Waals surface area contributed by atoms with Crippen LogP contribution in [0, 0.1) is 6.92 Å². The van der Waals surface area contributed by atoms with E-state index in [1.807, 2.05) is 41.7 Å². The highest BCUT2D eigenvalue weighted by molar-refractivity contribution is 5.41. The van der Waals surface area contributed by atoms with Gasteiger partial charge in [-0.15, -0.1) is 0 Å². The third kappa shape index (κ3) is 6.51. The summed E-state index contributed by atoms with van der Waals surface area (Å²) in [5, 5.41) is 3.12. The Morgan fingerprint density at radius 3 is 2.13 bits per heavy atom. The van der Waals surface area contributed by atoms with Gasteiger partial charge in [0.25, 0.3) is 0 Å². The number of hydrogen-bond donors (Lipinski definition) is 1. The fourth-order valence-corrected chi connectivity index (χ4v) is 2.24. The number of hydrogen-bond acceptors (Lipinski definition) is 2. The van der Waals surface area contributed by atoms with Crippen molar-refractivity contribution in [2.75, 3.05) is 13.7 Å². The van der Waals surface area contributed by atoms with E-state index in [9.17, 15) is 13.2 Å². The van der Waals surface area contributed by atoms with Crippen LogP contribution in [0.5, 0.6) is 0 Å². The molecule has 0 aliphatic carbocycles. The van der Waals surface area contributed by atoms with Gasteiger partial charge >= 0.3 is 6.18 Å². The Labute approximate surface area is 138 Å². The first-order chi connectivity index (χ1) is 10.6. The van der Waals surface area contributed by atoms with Crippen LogP contribution in [0.2, 0.25) is 0 Å². The van der Waals surface area contributed by atoms with E-state index < -0.39 is 11.7 Å². The zero-order valence-electron chi connectivity index (χ0n) is 15.3. The summed E-state index contributed by atoms with van der Waals surface area (Å²) in [4.78, 5) is 0. The zero-order chi connectivity index (χ0) is 18.3. The maximum atomic E-state index is 12.9. The minimum absolute atomic E-state index is 0.159. The quantitative estimate of drug-likeness (QED) is 0.780. The Bertz CT molecular complexity index is 482. The van der Waals surface area contributed by atoms with Gasteiger partial charge in [-0.1, -0.05) is 26.8 Å². The van der Waals surface area contributed by atoms with E-state index >= 15 is 0 Å². The molecule has 1 rings (SSSR count). The van der Waals surface area contributed by atoms with Gasteiger partial charge in [0, 0.05) is 5.54 Å². The summed E-state index contributed by atoms with van der Waals surface area (Å²) in [7, 11) is 1.85. The van der Waals surface area contributed by atoms with Gasteiger partial charge in [0.15, 0.2) is 0 Å². The molecule has 0 bridgehead atoms. The van der Waals surface area contributed by atoms with Gasteiger partial charge < -0.3 is 10.1 Å². The highest BCUT2D eigenvalue weighted by Gasteiger charge is 2.33. The predicted molar refractivity (Wildman–Crippen MR) is 89.7 cm³/mol. The molecule has 1 aromatic carbocycles. The second-order valence-electron chi connectivity index (χ2n) is 5.85. The Hall–Kier alpha value is -1.07. The maximum absolute atomic E-state index is 12.9. The lowest BCUT2D eigenvalue weighted by molar-refractivity contribution is -0.138. The first kappa shape index (κ1) is 21.9. The van der Waals surface area contributed by atoms with Crippen LogP contribution in [0.1, 0.15) is 56.9 Å². The standard InChI is InChI=1S/C16H24F3NO.C2H6/c1-6-13-11(2)14(16(17,18)19)8-7-12(13)9-21-10-15(3,4)20-5;1-2/h7-8,20H,6,9-10H2,1-5H3;1-2H3. The molecule has 0 amide bonds. The number of halogens is 3. The predicted octanol–water partition coefficient (Wildman–Crippen LogP) is 5.12. The van der Waals surface area contributed by atoms with E-state index in [1.54, 1.807) is 0 Å². The summed E-state index contributed by atoms with van der Waals surface area (Å²) >= 11 is 0. The van der Waals surface area contributed by atoms with Crippen molar-refractivity contribution in [1.29, 1.82) is 0 Å². The number of alkyl halides is 3. The van der Waals surface area contributed by atoms with Gasteiger partial charge in [0.05, 0.1) is 18.8 Å². The fourth-order valence-electron chi connectivity index (χ4n) is 2.24. The Morgan fingerprint density at radius 2 is 1.70 bits per heavy atom. The molecular weight excluding hydrogens is 303 g/mol. The van der Waals surface area contributed by atoms with Crippen LogP contribution >= 0.6 is 0 Å². The number of benzene rings is 1. The van der Waals surface area contributed by atoms with Gasteiger partial charge in [0.1, 0.15) is 0 Å². The zero-order valence-corrected chi connectivity index (χ0v) is 15.3. The highest BCUT2D eigenvalue weighted by Crippen LogP contribution is 2.34. The Morgan fingerprint density at radius 1 is 1.13 bits per heavy atom. The van der Waals surface area contributed by atoms with Crippen molar-refractivity contribution in [3.8, 4) is 0 Å². The molecule has 0 aliphatic heterocycles. The van der Waals surface area contributed by atoms with Crippen molar-refractivity contribution in [3.05, 3.63) is 34.4 Å². The monoisotopic (exact) mass is 333 g/mol. The van der Waals surface area contributed by atoms with Gasteiger partial charge in [0.2, 0.25) is 0 Å². The molecule has 0 fully saturated rings. The molecule has 23 heavy (non-hydrogen) atoms. The van der Waals surface area contributed by atoms with Crippen molar-refractivity contribution in [1.82, 2.24) is 5.32 Å². The van der Waals surface area contributed by atoms with Crippen molar-refractivity contribution < 1.29 is 17.9 Å². The van der Waals surface area contributed by atoms with Crippen LogP contribution in [0.4, 0.5) is 13.2 Å². The molecule has 5 heteroatoms. The number of ether oxygens (including phenoxy) is 1. The number of nitrogens with one attached hydrogen (secondary N) is 1. The summed E-state index contributed by atoms with van der Waals surface area (Å²) in [5.74, 6) is 0. The second-order valence-corrected chi connectivity index (χ2v) is 5.85. The Balaban J connectivity index is 0.00000232. The average molecular weight is 333 g/mol. The van der Waals surface area contributed by atoms with Crippen LogP contribution in [0.3, 0.4) is 0 Å². The molecule has 0 aromatic heterocycles. The summed E-state index contributed by atoms with van der Waals surface area (Å²) in [5.41, 5.74) is 1.15. The van der Waals surface area contributed by atoms with Crippen LogP contribution < -0.4 is 5.32 Å². The van der Waals surface area contributed by atoms with Crippen molar-refractivity contribution >= 4 is 0 Å². The number of likely N-dealkylation sites (N-methyl/N-ethyl adjacent to an activating group) is 1. The van der Waals surface area contributed by atoms with E-state index in [1.165, 1.54) is 13.0 Å². The summed E-state index contributed by atoms with van der Waals surface area (Å²) in [6, 6.07) is 2.68. The van der Waals surface area contributed by atoms with Crippen molar-refractivity contribution in [3.63, 3.8) is 0 Å². The van der Waals surface area contributed by atoms with E-state index in [0.717, 1.165) is 17.2 Å². The molecule has 1 aromatic rings. The van der Waals surface area contributed by atoms with Gasteiger partial charge in [-0.2, -0.15) is 13.2 Å². The third-order valence-corrected chi connectivity index (χ3v) is 3.75. The van der Waals surface area contributed by atoms with E-state index in [0.29, 0.717) is 25.2 Å². The smallest absolute Gasteiger partial charge is 0.375 e. The van der Waals surface area contributed by atoms with Crippen LogP contribution in [-0.4, -0.2) is 19.2 Å². The van der Waals surface area contributed by atoms with Gasteiger partial charge in [-0.05, 0) is 57.0 Å². The topological polar surface area (TPSA) is 21.3 Å². The molecule has 0 heterocycles. The minimum Gasteiger partial charge on any atom is -0.375 e. The van der Waals surface area contributed by atoms with Crippen LogP contribution in [0.15, 0.2) is 12.1 Å². The van der Waals surface area contributed by atoms with E-state index in [-0.39, 0.29) is 5.54 Å². The lowest BCUT2D eigenvalue weighted by Gasteiger charge is -2.24. The van der Waals surface area contributed by atoms with E-state index in [4.69, 9.17) is 4.74 Å². The molecular formula is C18H30F3NO. The second kappa shape index (κ2) is 9.28. The average Bonchev–Trinajstić information content (AvgIpc) is 2.48. The SMILES string of the molecule is CC.CCc1c(COCC(C)(C)NC)ccc(C(F)(F)F)c1C. The third-order valence-electron chi connectivity index (χ3n) is 3.75. The molecule has 0 radical (unpaired) electrons. The van der Waals surface area contributed by atoms with Crippen LogP contribution in [-0.2, 0) is 23.9 Å². The molecule has 0 spiro atoms. The Kier molecular flexibility index (Phi) is 8.85. The molecule has 2 nitrogen and oxygen atoms in total. The molecule has 0 aliphatic rings. The molecule has 134 valence electrons. The van der Waals surface area contributed by atoms with Gasteiger partial charge in [-0.25, -0.2) is 0 Å². The van der Waals surface area contributed by atoms with E-state index in [2.05, 4.69) is 5.32 Å². The molecule has 1 N–H and O–H groups in total. The molecule has 0 saturated heterocycles. The molecule has 0 atom stereocenters. The summed E-state index contributed by atoms with van der Waals surface area (Å²) in [6.07, 6.45) is -3.74. The normalized spacial score (nSPS) is 11.9. The fraction of sp³-hybridized carbons (Fsp3) is 0.667. The summed E-state index contributed by atoms with van der Waals surface area (Å²) < 4.78 is 44.4. The van der Waals surface area contributed by atoms with Crippen molar-refractivity contribution in [2.45, 2.75) is 66.3 Å². The largest absolute Gasteiger partial charge is 0.416 e. The lowest BCUT2D eigenvalue weighted by Crippen LogP contribution is -2.40. The van der Waals surface area contributed by atoms with Crippen molar-refractivity contribution in [2.24, 2.45) is 0 Å². The molecule has 0 saturated carbocycles. The molecule has 0 unspecified atom stereocenters. The summed E-state index contributed by atoms with van der Waals surface area (Å²) in [6.45, 7) is 12.2. The lowest BCUT2D eigenvalue weighted by atomic mass is 9.95. The first-order valence-electron chi connectivity index (χ1n) is 8.07. The van der Waals surface area contributed by atoms with Gasteiger partial charge in [-0.3, -0.25) is 0 Å². The minimum atomic E-state index is -4.30. The maximum Gasteiger partial charge on any atom is 0.416 e. The first-order valence-corrected chi connectivity index (χ1v) is 8.07. The highest BCUT2D eigenvalue weighted by atomic mass is 19.4.